The van der Waals surface area contributed by atoms with Crippen LogP contribution in [0.2, 0.25) is 0 Å². The first-order valence-corrected chi connectivity index (χ1v) is 10.0. The van der Waals surface area contributed by atoms with Crippen LogP contribution < -0.4 is 24.8 Å². The molecule has 0 bridgehead atoms. The Kier molecular flexibility index (Phi) is 6.65. The molecule has 0 saturated carbocycles. The zero-order valence-corrected chi connectivity index (χ0v) is 17.5. The molecule has 3 rings (SSSR count). The Labute approximate surface area is 172 Å². The number of nitrogens with one attached hydrogen (secondary N) is 2. The van der Waals surface area contributed by atoms with Gasteiger partial charge in [0.15, 0.2) is 11.5 Å². The van der Waals surface area contributed by atoms with Crippen LogP contribution in [0.5, 0.6) is 23.1 Å². The van der Waals surface area contributed by atoms with Crippen LogP contribution in [-0.4, -0.2) is 32.3 Å². The fourth-order valence-corrected chi connectivity index (χ4v) is 3.35. The number of rotatable bonds is 9. The lowest BCUT2D eigenvalue weighted by molar-refractivity contribution is 0.349. The van der Waals surface area contributed by atoms with Gasteiger partial charge in [-0.1, -0.05) is 20.3 Å². The summed E-state index contributed by atoms with van der Waals surface area (Å²) in [5, 5.41) is 16.6. The van der Waals surface area contributed by atoms with Gasteiger partial charge >= 0.3 is 0 Å². The molecule has 1 aliphatic heterocycles. The molecule has 0 radical (unpaired) electrons. The quantitative estimate of drug-likeness (QED) is 0.507. The maximum absolute atomic E-state index is 9.86. The smallest absolute Gasteiger partial charge is 0.226 e. The number of ether oxygens (including phenoxy) is 3. The second-order valence-corrected chi connectivity index (χ2v) is 6.91. The van der Waals surface area contributed by atoms with E-state index in [0.717, 1.165) is 49.2 Å². The van der Waals surface area contributed by atoms with Gasteiger partial charge < -0.3 is 24.8 Å². The number of nitriles is 1. The molecule has 0 atom stereocenters. The van der Waals surface area contributed by atoms with E-state index in [1.807, 2.05) is 12.1 Å². The minimum absolute atomic E-state index is 0.515. The molecule has 29 heavy (non-hydrogen) atoms. The Hall–Kier alpha value is -3.14. The van der Waals surface area contributed by atoms with Gasteiger partial charge in [0.25, 0.3) is 0 Å². The molecular formula is C22H28N4O3. The number of methoxy groups -OCH3 is 2. The fraction of sp³-hybridized carbons (Fsp3) is 0.455. The van der Waals surface area contributed by atoms with E-state index in [9.17, 15) is 5.26 Å². The fourth-order valence-electron chi connectivity index (χ4n) is 3.35. The highest BCUT2D eigenvalue weighted by Crippen LogP contribution is 2.45. The van der Waals surface area contributed by atoms with Crippen molar-refractivity contribution in [3.05, 3.63) is 28.8 Å². The number of nitrogens with zero attached hydrogens (tertiary/aromatic N) is 2. The highest BCUT2D eigenvalue weighted by molar-refractivity contribution is 5.76. The largest absolute Gasteiger partial charge is 0.493 e. The van der Waals surface area contributed by atoms with E-state index in [0.29, 0.717) is 40.9 Å². The van der Waals surface area contributed by atoms with Gasteiger partial charge in [0.1, 0.15) is 23.2 Å². The minimum Gasteiger partial charge on any atom is -0.493 e. The zero-order chi connectivity index (χ0) is 20.8. The first-order chi connectivity index (χ1) is 14.2. The lowest BCUT2D eigenvalue weighted by Crippen LogP contribution is -2.15. The normalized spacial score (nSPS) is 11.6. The third-order valence-electron chi connectivity index (χ3n) is 4.89. The van der Waals surface area contributed by atoms with E-state index in [2.05, 4.69) is 35.5 Å². The van der Waals surface area contributed by atoms with Crippen LogP contribution in [-0.2, 0) is 6.42 Å². The van der Waals surface area contributed by atoms with Crippen LogP contribution in [0.25, 0.3) is 0 Å². The Morgan fingerprint density at radius 2 is 1.86 bits per heavy atom. The molecule has 0 aliphatic carbocycles. The van der Waals surface area contributed by atoms with Crippen molar-refractivity contribution in [1.82, 2.24) is 4.98 Å². The summed E-state index contributed by atoms with van der Waals surface area (Å²) in [4.78, 5) is 4.64. The summed E-state index contributed by atoms with van der Waals surface area (Å²) >= 11 is 0. The summed E-state index contributed by atoms with van der Waals surface area (Å²) in [5.41, 5.74) is 3.18. The monoisotopic (exact) mass is 396 g/mol. The molecule has 1 aromatic carbocycles. The average molecular weight is 396 g/mol. The van der Waals surface area contributed by atoms with Crippen molar-refractivity contribution in [3.63, 3.8) is 0 Å². The van der Waals surface area contributed by atoms with Crippen LogP contribution in [0.3, 0.4) is 0 Å². The van der Waals surface area contributed by atoms with Crippen molar-refractivity contribution >= 4 is 11.5 Å². The number of aromatic nitrogens is 1. The Morgan fingerprint density at radius 3 is 2.52 bits per heavy atom. The van der Waals surface area contributed by atoms with E-state index in [1.54, 1.807) is 14.2 Å². The van der Waals surface area contributed by atoms with Gasteiger partial charge in [0, 0.05) is 36.7 Å². The molecule has 2 aromatic rings. The molecule has 0 fully saturated rings. The molecule has 154 valence electrons. The third kappa shape index (κ3) is 4.16. The zero-order valence-electron chi connectivity index (χ0n) is 17.5. The van der Waals surface area contributed by atoms with Crippen LogP contribution >= 0.6 is 0 Å². The lowest BCUT2D eigenvalue weighted by atomic mass is 9.98. The number of hydrogen-bond acceptors (Lipinski definition) is 7. The Bertz CT molecular complexity index is 921. The van der Waals surface area contributed by atoms with Crippen molar-refractivity contribution in [2.24, 2.45) is 0 Å². The molecule has 1 aliphatic rings. The Balaban J connectivity index is 2.08. The van der Waals surface area contributed by atoms with Crippen LogP contribution in [0.4, 0.5) is 11.5 Å². The SMILES string of the molecule is CCCCNc1c(C#N)c(NCCC)nc2c1Cc1cc(OC)c(OC)cc1O2. The third-order valence-corrected chi connectivity index (χ3v) is 4.89. The van der Waals surface area contributed by atoms with Crippen molar-refractivity contribution in [1.29, 1.82) is 5.26 Å². The van der Waals surface area contributed by atoms with Crippen molar-refractivity contribution in [2.75, 3.05) is 37.9 Å². The number of fused-ring (bicyclic) bond motifs is 2. The molecule has 0 spiro atoms. The number of anilines is 2. The first-order valence-electron chi connectivity index (χ1n) is 10.0. The van der Waals surface area contributed by atoms with Crippen LogP contribution in [0.1, 0.15) is 49.8 Å². The van der Waals surface area contributed by atoms with Gasteiger partial charge in [-0.05, 0) is 18.9 Å². The van der Waals surface area contributed by atoms with Gasteiger partial charge in [-0.15, -0.1) is 0 Å². The second kappa shape index (κ2) is 9.37. The predicted molar refractivity (Wildman–Crippen MR) is 114 cm³/mol. The summed E-state index contributed by atoms with van der Waals surface area (Å²) in [7, 11) is 3.21. The number of unbranched alkanes of at least 4 members (excludes halogenated alkanes) is 1. The molecule has 0 amide bonds. The topological polar surface area (TPSA) is 88.4 Å². The van der Waals surface area contributed by atoms with Crippen LogP contribution in [0.15, 0.2) is 12.1 Å². The standard InChI is InChI=1S/C22H28N4O3/c1-5-7-9-24-20-15-10-14-11-18(27-3)19(28-4)12-17(14)29-22(15)26-21(16(20)13-23)25-8-6-2/h11-12H,5-10H2,1-4H3,(H2,24,25,26). The maximum atomic E-state index is 9.86. The van der Waals surface area contributed by atoms with E-state index in [-0.39, 0.29) is 0 Å². The van der Waals surface area contributed by atoms with E-state index in [1.165, 1.54) is 0 Å². The predicted octanol–water partition coefficient (Wildman–Crippen LogP) is 4.70. The van der Waals surface area contributed by atoms with Gasteiger partial charge in [-0.3, -0.25) is 0 Å². The van der Waals surface area contributed by atoms with Gasteiger partial charge in [-0.2, -0.15) is 10.2 Å². The maximum Gasteiger partial charge on any atom is 0.226 e. The van der Waals surface area contributed by atoms with E-state index in [4.69, 9.17) is 14.2 Å². The molecule has 7 heteroatoms. The highest BCUT2D eigenvalue weighted by Gasteiger charge is 2.27. The molecule has 0 unspecified atom stereocenters. The van der Waals surface area contributed by atoms with Gasteiger partial charge in [-0.25, -0.2) is 0 Å². The molecular weight excluding hydrogens is 368 g/mol. The molecule has 2 heterocycles. The van der Waals surface area contributed by atoms with Crippen molar-refractivity contribution in [3.8, 4) is 29.2 Å². The van der Waals surface area contributed by atoms with Gasteiger partial charge in [0.05, 0.1) is 19.9 Å². The number of pyridine rings is 1. The van der Waals surface area contributed by atoms with Crippen LogP contribution in [0, 0.1) is 11.3 Å². The second-order valence-electron chi connectivity index (χ2n) is 6.91. The summed E-state index contributed by atoms with van der Waals surface area (Å²) < 4.78 is 17.0. The van der Waals surface area contributed by atoms with E-state index >= 15 is 0 Å². The van der Waals surface area contributed by atoms with Gasteiger partial charge in [0.2, 0.25) is 5.88 Å². The summed E-state index contributed by atoms with van der Waals surface area (Å²) in [6, 6.07) is 6.07. The molecule has 7 nitrogen and oxygen atoms in total. The first kappa shape index (κ1) is 20.6. The van der Waals surface area contributed by atoms with Crippen molar-refractivity contribution in [2.45, 2.75) is 39.5 Å². The molecule has 1 aromatic heterocycles. The number of hydrogen-bond donors (Lipinski definition) is 2. The number of benzene rings is 1. The summed E-state index contributed by atoms with van der Waals surface area (Å²) in [5.74, 6) is 3.01. The summed E-state index contributed by atoms with van der Waals surface area (Å²) in [6.45, 7) is 5.73. The molecule has 0 saturated heterocycles. The van der Waals surface area contributed by atoms with E-state index < -0.39 is 0 Å². The summed E-state index contributed by atoms with van der Waals surface area (Å²) in [6.07, 6.45) is 3.61. The highest BCUT2D eigenvalue weighted by atomic mass is 16.5. The van der Waals surface area contributed by atoms with Crippen molar-refractivity contribution < 1.29 is 14.2 Å². The average Bonchev–Trinajstić information content (AvgIpc) is 2.75. The Morgan fingerprint density at radius 1 is 1.10 bits per heavy atom. The molecule has 2 N–H and O–H groups in total. The minimum atomic E-state index is 0.515. The lowest BCUT2D eigenvalue weighted by Gasteiger charge is -2.25.